The lowest BCUT2D eigenvalue weighted by molar-refractivity contribution is -0.125. The molecule has 4 nitrogen and oxygen atoms in total. The van der Waals surface area contributed by atoms with E-state index < -0.39 is 5.41 Å². The Morgan fingerprint density at radius 3 is 2.58 bits per heavy atom. The first-order chi connectivity index (χ1) is 14.9. The number of para-hydroxylation sites is 1. The SMILES string of the molecule is CC(C(N)=O)(c1cccc(OC2CCCC2)c1)[C@@H]1CC2(CCC2)Oc2c(Cl)cccc21. The molecule has 2 atom stereocenters. The summed E-state index contributed by atoms with van der Waals surface area (Å²) in [5, 5.41) is 0.596. The van der Waals surface area contributed by atoms with E-state index in [9.17, 15) is 4.79 Å². The number of hydrogen-bond donors (Lipinski definition) is 1. The fourth-order valence-corrected chi connectivity index (χ4v) is 5.87. The van der Waals surface area contributed by atoms with Gasteiger partial charge in [0.1, 0.15) is 17.1 Å². The molecule has 0 bridgehead atoms. The Bertz CT molecular complexity index is 996. The fourth-order valence-electron chi connectivity index (χ4n) is 5.65. The average molecular weight is 440 g/mol. The number of primary amides is 1. The maximum Gasteiger partial charge on any atom is 0.228 e. The third kappa shape index (κ3) is 3.49. The minimum atomic E-state index is -0.902. The van der Waals surface area contributed by atoms with Crippen LogP contribution < -0.4 is 15.2 Å². The second-order valence-electron chi connectivity index (χ2n) is 9.67. The minimum absolute atomic E-state index is 0.116. The van der Waals surface area contributed by atoms with E-state index in [2.05, 4.69) is 0 Å². The van der Waals surface area contributed by atoms with E-state index in [-0.39, 0.29) is 23.5 Å². The van der Waals surface area contributed by atoms with Crippen LogP contribution in [0.2, 0.25) is 5.02 Å². The maximum absolute atomic E-state index is 13.1. The van der Waals surface area contributed by atoms with Gasteiger partial charge in [-0.1, -0.05) is 35.9 Å². The highest BCUT2D eigenvalue weighted by Crippen LogP contribution is 2.57. The predicted octanol–water partition coefficient (Wildman–Crippen LogP) is 5.89. The lowest BCUT2D eigenvalue weighted by Crippen LogP contribution is -2.53. The van der Waals surface area contributed by atoms with Gasteiger partial charge in [-0.15, -0.1) is 0 Å². The Kier molecular flexibility index (Phi) is 5.16. The standard InChI is InChI=1S/C26H30ClNO3/c1-25(24(28)29,17-7-4-10-19(15-17)30-18-8-2-3-9-18)21-16-26(13-6-14-26)31-23-20(21)11-5-12-22(23)27/h4-5,7,10-12,15,18,21H,2-3,6,8-9,13-14,16H2,1H3,(H2,28,29)/t21-,25?/m1/s1. The van der Waals surface area contributed by atoms with Crippen molar-refractivity contribution in [3.63, 3.8) is 0 Å². The molecule has 2 fully saturated rings. The lowest BCUT2D eigenvalue weighted by atomic mass is 9.60. The van der Waals surface area contributed by atoms with E-state index in [0.717, 1.165) is 55.4 Å². The second-order valence-corrected chi connectivity index (χ2v) is 10.1. The van der Waals surface area contributed by atoms with Crippen molar-refractivity contribution in [1.29, 1.82) is 0 Å². The summed E-state index contributed by atoms with van der Waals surface area (Å²) in [6.45, 7) is 1.97. The van der Waals surface area contributed by atoms with Crippen LogP contribution in [-0.2, 0) is 10.2 Å². The topological polar surface area (TPSA) is 61.6 Å². The summed E-state index contributed by atoms with van der Waals surface area (Å²) < 4.78 is 12.7. The van der Waals surface area contributed by atoms with E-state index in [4.69, 9.17) is 26.8 Å². The Morgan fingerprint density at radius 2 is 1.90 bits per heavy atom. The van der Waals surface area contributed by atoms with Crippen molar-refractivity contribution in [2.24, 2.45) is 5.73 Å². The largest absolute Gasteiger partial charge is 0.490 e. The average Bonchev–Trinajstić information content (AvgIpc) is 3.25. The number of fused-ring (bicyclic) bond motifs is 1. The van der Waals surface area contributed by atoms with E-state index >= 15 is 0 Å². The lowest BCUT2D eigenvalue weighted by Gasteiger charge is -2.51. The highest BCUT2D eigenvalue weighted by atomic mass is 35.5. The third-order valence-corrected chi connectivity index (χ3v) is 8.08. The van der Waals surface area contributed by atoms with Gasteiger partial charge in [-0.3, -0.25) is 4.79 Å². The van der Waals surface area contributed by atoms with Crippen LogP contribution in [0.4, 0.5) is 0 Å². The van der Waals surface area contributed by atoms with Gasteiger partial charge in [-0.25, -0.2) is 0 Å². The van der Waals surface area contributed by atoms with Crippen molar-refractivity contribution in [2.75, 3.05) is 0 Å². The Hall–Kier alpha value is -2.20. The van der Waals surface area contributed by atoms with Gasteiger partial charge in [0, 0.05) is 11.5 Å². The van der Waals surface area contributed by atoms with Gasteiger partial charge >= 0.3 is 0 Å². The number of rotatable bonds is 5. The smallest absolute Gasteiger partial charge is 0.228 e. The predicted molar refractivity (Wildman–Crippen MR) is 122 cm³/mol. The zero-order valence-corrected chi connectivity index (χ0v) is 18.8. The molecule has 1 amide bonds. The molecule has 2 saturated carbocycles. The molecule has 1 aliphatic heterocycles. The van der Waals surface area contributed by atoms with Gasteiger partial charge in [-0.05, 0) is 82.1 Å². The second kappa shape index (κ2) is 7.74. The monoisotopic (exact) mass is 439 g/mol. The first-order valence-corrected chi connectivity index (χ1v) is 11.8. The molecule has 2 N–H and O–H groups in total. The summed E-state index contributed by atoms with van der Waals surface area (Å²) in [6.07, 6.45) is 8.71. The van der Waals surface area contributed by atoms with Crippen LogP contribution in [0.25, 0.3) is 0 Å². The summed E-state index contributed by atoms with van der Waals surface area (Å²) in [5.74, 6) is 1.08. The molecule has 164 valence electrons. The number of amides is 1. The number of hydrogen-bond acceptors (Lipinski definition) is 3. The summed E-state index contributed by atoms with van der Waals surface area (Å²) in [4.78, 5) is 13.1. The zero-order valence-electron chi connectivity index (χ0n) is 18.0. The van der Waals surface area contributed by atoms with E-state index in [0.29, 0.717) is 10.8 Å². The molecule has 2 aliphatic carbocycles. The normalized spacial score (nSPS) is 24.0. The number of benzene rings is 2. The number of carbonyl (C=O) groups excluding carboxylic acids is 1. The zero-order chi connectivity index (χ0) is 21.6. The molecule has 1 spiro atoms. The van der Waals surface area contributed by atoms with Crippen LogP contribution >= 0.6 is 11.6 Å². The van der Waals surface area contributed by atoms with Crippen LogP contribution in [0.3, 0.4) is 0 Å². The van der Waals surface area contributed by atoms with Crippen LogP contribution in [0.5, 0.6) is 11.5 Å². The molecule has 2 aromatic carbocycles. The van der Waals surface area contributed by atoms with E-state index in [1.54, 1.807) is 0 Å². The third-order valence-electron chi connectivity index (χ3n) is 7.78. The van der Waals surface area contributed by atoms with Crippen molar-refractivity contribution in [3.8, 4) is 11.5 Å². The minimum Gasteiger partial charge on any atom is -0.490 e. The molecule has 5 heteroatoms. The van der Waals surface area contributed by atoms with E-state index in [1.807, 2.05) is 49.4 Å². The molecule has 0 saturated heterocycles. The molecule has 3 aliphatic rings. The fraction of sp³-hybridized carbons (Fsp3) is 0.500. The van der Waals surface area contributed by atoms with Crippen LogP contribution in [0.1, 0.15) is 75.3 Å². The molecular weight excluding hydrogens is 410 g/mol. The van der Waals surface area contributed by atoms with Crippen molar-refractivity contribution < 1.29 is 14.3 Å². The van der Waals surface area contributed by atoms with Crippen molar-refractivity contribution in [3.05, 3.63) is 58.6 Å². The molecule has 2 aromatic rings. The van der Waals surface area contributed by atoms with Gasteiger partial charge in [0.25, 0.3) is 0 Å². The highest BCUT2D eigenvalue weighted by Gasteiger charge is 2.53. The van der Waals surface area contributed by atoms with Crippen LogP contribution in [-0.4, -0.2) is 17.6 Å². The molecule has 5 rings (SSSR count). The molecule has 0 aromatic heterocycles. The summed E-state index contributed by atoms with van der Waals surface area (Å²) >= 11 is 6.55. The van der Waals surface area contributed by atoms with Crippen molar-refractivity contribution >= 4 is 17.5 Å². The number of halogens is 1. The number of carbonyl (C=O) groups is 1. The molecule has 1 heterocycles. The molecular formula is C26H30ClNO3. The molecule has 0 radical (unpaired) electrons. The number of ether oxygens (including phenoxy) is 2. The maximum atomic E-state index is 13.1. The van der Waals surface area contributed by atoms with Gasteiger partial charge in [0.15, 0.2) is 0 Å². The Morgan fingerprint density at radius 1 is 1.16 bits per heavy atom. The van der Waals surface area contributed by atoms with Crippen LogP contribution in [0, 0.1) is 0 Å². The molecule has 31 heavy (non-hydrogen) atoms. The van der Waals surface area contributed by atoms with Crippen LogP contribution in [0.15, 0.2) is 42.5 Å². The van der Waals surface area contributed by atoms with Gasteiger partial charge in [-0.2, -0.15) is 0 Å². The first kappa shape index (κ1) is 20.7. The van der Waals surface area contributed by atoms with Crippen molar-refractivity contribution in [1.82, 2.24) is 0 Å². The highest BCUT2D eigenvalue weighted by molar-refractivity contribution is 6.32. The van der Waals surface area contributed by atoms with E-state index in [1.165, 1.54) is 12.8 Å². The van der Waals surface area contributed by atoms with Gasteiger partial charge in [0.2, 0.25) is 5.91 Å². The summed E-state index contributed by atoms with van der Waals surface area (Å²) in [7, 11) is 0. The van der Waals surface area contributed by atoms with Gasteiger partial charge in [0.05, 0.1) is 16.5 Å². The number of nitrogens with two attached hydrogens (primary N) is 1. The summed E-state index contributed by atoms with van der Waals surface area (Å²) in [6, 6.07) is 13.8. The van der Waals surface area contributed by atoms with Crippen molar-refractivity contribution in [2.45, 2.75) is 81.3 Å². The Balaban J connectivity index is 1.57. The molecule has 1 unspecified atom stereocenters. The quantitative estimate of drug-likeness (QED) is 0.631. The van der Waals surface area contributed by atoms with Gasteiger partial charge < -0.3 is 15.2 Å². The first-order valence-electron chi connectivity index (χ1n) is 11.5. The summed E-state index contributed by atoms with van der Waals surface area (Å²) in [5.41, 5.74) is 6.84. The Labute approximate surface area is 189 Å².